The van der Waals surface area contributed by atoms with Crippen molar-refractivity contribution in [2.24, 2.45) is 13.0 Å². The van der Waals surface area contributed by atoms with Crippen LogP contribution in [0, 0.1) is 12.8 Å². The van der Waals surface area contributed by atoms with Crippen molar-refractivity contribution in [3.05, 3.63) is 117 Å². The van der Waals surface area contributed by atoms with E-state index in [0.717, 1.165) is 0 Å². The molecule has 0 bridgehead atoms. The number of amides is 1. The molecule has 1 fully saturated rings. The van der Waals surface area contributed by atoms with E-state index in [-0.39, 0.29) is 40.5 Å². The smallest absolute Gasteiger partial charge is 0.296 e. The molecule has 0 radical (unpaired) electrons. The van der Waals surface area contributed by atoms with E-state index in [4.69, 9.17) is 4.98 Å². The molecule has 0 spiro atoms. The minimum Gasteiger partial charge on any atom is -0.345 e. The second kappa shape index (κ2) is 8.20. The fourth-order valence-corrected chi connectivity index (χ4v) is 5.00. The van der Waals surface area contributed by atoms with Gasteiger partial charge in [-0.25, -0.2) is 9.67 Å². The van der Waals surface area contributed by atoms with Crippen LogP contribution >= 0.6 is 0 Å². The minimum atomic E-state index is -0.368. The van der Waals surface area contributed by atoms with Gasteiger partial charge in [0.25, 0.3) is 11.1 Å². The molecule has 1 aliphatic carbocycles. The minimum absolute atomic E-state index is 0.150. The van der Waals surface area contributed by atoms with Crippen LogP contribution in [0.25, 0.3) is 28.4 Å². The number of rotatable bonds is 3. The lowest BCUT2D eigenvalue weighted by Gasteiger charge is -2.15. The molecule has 2 aliphatic rings. The lowest BCUT2D eigenvalue weighted by molar-refractivity contribution is -0.116. The highest BCUT2D eigenvalue weighted by molar-refractivity contribution is 6.01. The Morgan fingerprint density at radius 2 is 1.64 bits per heavy atom. The number of carbonyl (C=O) groups excluding carboxylic acids is 1. The summed E-state index contributed by atoms with van der Waals surface area (Å²) in [5, 5.41) is 3.36. The van der Waals surface area contributed by atoms with Gasteiger partial charge in [-0.1, -0.05) is 54.6 Å². The summed E-state index contributed by atoms with van der Waals surface area (Å²) in [5.41, 5.74) is 1.74. The fraction of sp³-hybridized carbons (Fsp3) is 0.143. The molecule has 4 aromatic rings. The van der Waals surface area contributed by atoms with Crippen LogP contribution in [0.1, 0.15) is 11.5 Å². The molecule has 1 saturated heterocycles. The highest BCUT2D eigenvalue weighted by Gasteiger charge is 2.35. The molecular weight excluding hydrogens is 454 g/mol. The number of benzene rings is 2. The van der Waals surface area contributed by atoms with Crippen LogP contribution in [0.5, 0.6) is 0 Å². The number of nitrogens with one attached hydrogen (secondary N) is 1. The number of carbonyl (C=O) groups is 1. The van der Waals surface area contributed by atoms with E-state index in [0.29, 0.717) is 27.9 Å². The van der Waals surface area contributed by atoms with E-state index >= 15 is 0 Å². The summed E-state index contributed by atoms with van der Waals surface area (Å²) in [6, 6.07) is 16.1. The molecule has 36 heavy (non-hydrogen) atoms. The van der Waals surface area contributed by atoms with Crippen LogP contribution in [0.15, 0.2) is 94.1 Å². The summed E-state index contributed by atoms with van der Waals surface area (Å²) in [7, 11) is 1.78. The second-order valence-corrected chi connectivity index (χ2v) is 8.93. The summed E-state index contributed by atoms with van der Waals surface area (Å²) in [6.45, 7) is 1.79. The van der Waals surface area contributed by atoms with Crippen LogP contribution in [0.3, 0.4) is 0 Å². The quantitative estimate of drug-likeness (QED) is 0.460. The first-order valence-electron chi connectivity index (χ1n) is 11.7. The molecule has 2 aromatic carbocycles. The van der Waals surface area contributed by atoms with Crippen molar-refractivity contribution < 1.29 is 4.79 Å². The van der Waals surface area contributed by atoms with Gasteiger partial charge in [-0.15, -0.1) is 0 Å². The predicted octanol–water partition coefficient (Wildman–Crippen LogP) is 2.81. The molecule has 0 unspecified atom stereocenters. The first-order valence-corrected chi connectivity index (χ1v) is 11.7. The largest absolute Gasteiger partial charge is 0.345 e. The van der Waals surface area contributed by atoms with Gasteiger partial charge < -0.3 is 5.32 Å². The van der Waals surface area contributed by atoms with E-state index < -0.39 is 0 Å². The Kier molecular flexibility index (Phi) is 4.96. The Hall–Kier alpha value is -4.72. The van der Waals surface area contributed by atoms with Gasteiger partial charge in [0.2, 0.25) is 5.91 Å². The molecule has 8 nitrogen and oxygen atoms in total. The number of allylic oxidation sites excluding steroid dienone is 2. The van der Waals surface area contributed by atoms with Crippen molar-refractivity contribution >= 4 is 22.9 Å². The Balaban J connectivity index is 1.66. The average molecular weight is 478 g/mol. The zero-order valence-electron chi connectivity index (χ0n) is 19.8. The SMILES string of the molecule is Cc1c(-n2c(/C=C3\C(=O)N[C@H]4C=CC=C[C@@H]34)nc3ccccc3c2=O)c(=O)n(-c2ccccc2)n1C. The number of nitrogens with zero attached hydrogens (tertiary/aromatic N) is 4. The molecule has 6 rings (SSSR count). The lowest BCUT2D eigenvalue weighted by Crippen LogP contribution is -2.29. The Morgan fingerprint density at radius 1 is 0.917 bits per heavy atom. The Morgan fingerprint density at radius 3 is 2.44 bits per heavy atom. The first kappa shape index (κ1) is 21.8. The maximum atomic E-state index is 13.9. The monoisotopic (exact) mass is 477 g/mol. The normalized spacial score (nSPS) is 19.7. The van der Waals surface area contributed by atoms with E-state index in [2.05, 4.69) is 5.32 Å². The number of aromatic nitrogens is 4. The molecule has 1 N–H and O–H groups in total. The van der Waals surface area contributed by atoms with Crippen molar-refractivity contribution in [1.82, 2.24) is 24.2 Å². The third kappa shape index (κ3) is 3.22. The van der Waals surface area contributed by atoms with E-state index in [9.17, 15) is 14.4 Å². The molecule has 1 amide bonds. The van der Waals surface area contributed by atoms with Gasteiger partial charge in [0.05, 0.1) is 28.3 Å². The van der Waals surface area contributed by atoms with Gasteiger partial charge in [0.15, 0.2) is 0 Å². The molecule has 178 valence electrons. The van der Waals surface area contributed by atoms with E-state index in [1.165, 1.54) is 9.25 Å². The molecule has 8 heteroatoms. The van der Waals surface area contributed by atoms with Crippen LogP contribution in [-0.2, 0) is 11.8 Å². The molecule has 3 heterocycles. The van der Waals surface area contributed by atoms with Crippen molar-refractivity contribution in [3.63, 3.8) is 0 Å². The zero-order chi connectivity index (χ0) is 25.0. The third-order valence-corrected chi connectivity index (χ3v) is 6.89. The van der Waals surface area contributed by atoms with Crippen LogP contribution < -0.4 is 16.4 Å². The van der Waals surface area contributed by atoms with Crippen molar-refractivity contribution in [2.75, 3.05) is 0 Å². The highest BCUT2D eigenvalue weighted by Crippen LogP contribution is 2.29. The molecule has 2 atom stereocenters. The summed E-state index contributed by atoms with van der Waals surface area (Å²) < 4.78 is 4.59. The summed E-state index contributed by atoms with van der Waals surface area (Å²) >= 11 is 0. The van der Waals surface area contributed by atoms with Gasteiger partial charge in [0, 0.05) is 18.5 Å². The van der Waals surface area contributed by atoms with Crippen molar-refractivity contribution in [1.29, 1.82) is 0 Å². The molecule has 1 aliphatic heterocycles. The van der Waals surface area contributed by atoms with Crippen molar-refractivity contribution in [3.8, 4) is 11.4 Å². The summed E-state index contributed by atoms with van der Waals surface area (Å²) in [4.78, 5) is 45.3. The topological polar surface area (TPSA) is 90.9 Å². The second-order valence-electron chi connectivity index (χ2n) is 8.93. The predicted molar refractivity (Wildman–Crippen MR) is 138 cm³/mol. The summed E-state index contributed by atoms with van der Waals surface area (Å²) in [5.74, 6) is -0.169. The molecule has 0 saturated carbocycles. The van der Waals surface area contributed by atoms with Gasteiger partial charge in [-0.3, -0.25) is 23.6 Å². The zero-order valence-corrected chi connectivity index (χ0v) is 19.8. The number of fused-ring (bicyclic) bond motifs is 2. The fourth-order valence-electron chi connectivity index (χ4n) is 5.00. The number of para-hydroxylation sites is 2. The Bertz CT molecular complexity index is 1750. The van der Waals surface area contributed by atoms with Gasteiger partial charge in [-0.2, -0.15) is 0 Å². The standard InChI is InChI=1S/C28H23N5O3/c1-17-25(28(36)33(31(17)2)18-10-4-3-5-11-18)32-24(29-23-15-9-7-13-20(23)27(32)35)16-21-19-12-6-8-14-22(19)30-26(21)34/h3-16,19,22H,1-2H3,(H,30,34)/b21-16-/t19-,22-/m0/s1. The third-order valence-electron chi connectivity index (χ3n) is 6.89. The molecule has 2 aromatic heterocycles. The van der Waals surface area contributed by atoms with Gasteiger partial charge in [0.1, 0.15) is 11.5 Å². The van der Waals surface area contributed by atoms with E-state index in [1.54, 1.807) is 49.0 Å². The highest BCUT2D eigenvalue weighted by atomic mass is 16.2. The summed E-state index contributed by atoms with van der Waals surface area (Å²) in [6.07, 6.45) is 9.32. The van der Waals surface area contributed by atoms with Crippen LogP contribution in [0.4, 0.5) is 0 Å². The van der Waals surface area contributed by atoms with E-state index in [1.807, 2.05) is 54.6 Å². The maximum Gasteiger partial charge on any atom is 0.296 e. The van der Waals surface area contributed by atoms with Gasteiger partial charge >= 0.3 is 0 Å². The maximum absolute atomic E-state index is 13.9. The first-order chi connectivity index (χ1) is 17.5. The van der Waals surface area contributed by atoms with Crippen molar-refractivity contribution in [2.45, 2.75) is 13.0 Å². The lowest BCUT2D eigenvalue weighted by atomic mass is 9.92. The van der Waals surface area contributed by atoms with Crippen LogP contribution in [0.2, 0.25) is 0 Å². The average Bonchev–Trinajstić information content (AvgIpc) is 3.32. The van der Waals surface area contributed by atoms with Crippen LogP contribution in [-0.4, -0.2) is 30.9 Å². The Labute approximate surface area is 206 Å². The number of hydrogen-bond acceptors (Lipinski definition) is 4. The van der Waals surface area contributed by atoms with Gasteiger partial charge in [-0.05, 0) is 37.3 Å². The number of hydrogen-bond donors (Lipinski definition) is 1. The molecular formula is C28H23N5O3.